The van der Waals surface area contributed by atoms with E-state index in [2.05, 4.69) is 15.3 Å². The molecule has 4 rings (SSSR count). The predicted octanol–water partition coefficient (Wildman–Crippen LogP) is 5.01. The predicted molar refractivity (Wildman–Crippen MR) is 145 cm³/mol. The summed E-state index contributed by atoms with van der Waals surface area (Å²) >= 11 is 6.48. The molecule has 9 nitrogen and oxygen atoms in total. The molecule has 0 unspecified atom stereocenters. The minimum Gasteiger partial charge on any atom is -0.493 e. The fourth-order valence-corrected chi connectivity index (χ4v) is 4.53. The van der Waals surface area contributed by atoms with Crippen LogP contribution < -0.4 is 20.5 Å². The van der Waals surface area contributed by atoms with E-state index < -0.39 is 23.1 Å². The molecule has 39 heavy (non-hydrogen) atoms. The van der Waals surface area contributed by atoms with Gasteiger partial charge in [-0.1, -0.05) is 11.6 Å². The second-order valence-corrected chi connectivity index (χ2v) is 10.4. The van der Waals surface area contributed by atoms with Gasteiger partial charge in [-0.2, -0.15) is 8.78 Å². The van der Waals surface area contributed by atoms with Crippen molar-refractivity contribution in [3.05, 3.63) is 46.2 Å². The SMILES string of the molecule is COc1cc2nc(C)nc(N[C@H](C)c3cc(N)cc(C(F)(F)C(C)(C)O)c3Cl)c2cc1OCCOC1COC1. The number of nitrogens with one attached hydrogen (secondary N) is 1. The highest BCUT2D eigenvalue weighted by Crippen LogP contribution is 2.45. The molecule has 0 bridgehead atoms. The van der Waals surface area contributed by atoms with Crippen LogP contribution in [0, 0.1) is 6.92 Å². The average molecular weight is 567 g/mol. The van der Waals surface area contributed by atoms with Crippen LogP contribution in [-0.4, -0.2) is 60.3 Å². The Morgan fingerprint density at radius 3 is 2.51 bits per heavy atom. The normalized spacial score (nSPS) is 15.2. The number of nitrogen functional groups attached to an aromatic ring is 1. The van der Waals surface area contributed by atoms with Crippen LogP contribution in [0.2, 0.25) is 5.02 Å². The molecule has 0 saturated carbocycles. The summed E-state index contributed by atoms with van der Waals surface area (Å²) in [7, 11) is 1.54. The Kier molecular flexibility index (Phi) is 8.36. The highest BCUT2D eigenvalue weighted by molar-refractivity contribution is 6.32. The number of hydrogen-bond donors (Lipinski definition) is 3. The number of aliphatic hydroxyl groups is 1. The molecular weight excluding hydrogens is 534 g/mol. The molecule has 0 radical (unpaired) electrons. The molecule has 1 saturated heterocycles. The second-order valence-electron chi connectivity index (χ2n) is 9.99. The van der Waals surface area contributed by atoms with Crippen molar-refractivity contribution in [3.63, 3.8) is 0 Å². The minimum absolute atomic E-state index is 0.0850. The van der Waals surface area contributed by atoms with Crippen molar-refractivity contribution in [1.82, 2.24) is 9.97 Å². The molecule has 1 fully saturated rings. The largest absolute Gasteiger partial charge is 0.493 e. The molecule has 1 aliphatic heterocycles. The number of nitrogens with two attached hydrogens (primary N) is 1. The summed E-state index contributed by atoms with van der Waals surface area (Å²) in [5, 5.41) is 13.8. The number of alkyl halides is 2. The lowest BCUT2D eigenvalue weighted by molar-refractivity contribution is -0.168. The van der Waals surface area contributed by atoms with E-state index in [1.807, 2.05) is 0 Å². The molecule has 212 valence electrons. The zero-order valence-electron chi connectivity index (χ0n) is 22.5. The third-order valence-corrected chi connectivity index (χ3v) is 6.87. The molecule has 12 heteroatoms. The highest BCUT2D eigenvalue weighted by atomic mass is 35.5. The topological polar surface area (TPSA) is 121 Å². The van der Waals surface area contributed by atoms with Gasteiger partial charge in [-0.05, 0) is 51.5 Å². The quantitative estimate of drug-likeness (QED) is 0.217. The maximum absolute atomic E-state index is 15.1. The van der Waals surface area contributed by atoms with Gasteiger partial charge in [-0.15, -0.1) is 0 Å². The summed E-state index contributed by atoms with van der Waals surface area (Å²) in [4.78, 5) is 9.06. The second kappa shape index (κ2) is 11.2. The number of hydrogen-bond acceptors (Lipinski definition) is 9. The molecule has 0 amide bonds. The van der Waals surface area contributed by atoms with Gasteiger partial charge in [0, 0.05) is 22.7 Å². The molecule has 1 aliphatic rings. The lowest BCUT2D eigenvalue weighted by Gasteiger charge is -2.31. The lowest BCUT2D eigenvalue weighted by Crippen LogP contribution is -2.40. The van der Waals surface area contributed by atoms with Gasteiger partial charge in [0.05, 0.1) is 43.5 Å². The van der Waals surface area contributed by atoms with E-state index >= 15 is 8.78 Å². The Morgan fingerprint density at radius 2 is 1.90 bits per heavy atom. The third-order valence-electron chi connectivity index (χ3n) is 6.44. The Labute approximate surface area is 230 Å². The Hall–Kier alpha value is -2.99. The number of halogens is 3. The maximum atomic E-state index is 15.1. The van der Waals surface area contributed by atoms with Gasteiger partial charge in [0.2, 0.25) is 0 Å². The van der Waals surface area contributed by atoms with Crippen molar-refractivity contribution in [2.45, 2.75) is 51.4 Å². The summed E-state index contributed by atoms with van der Waals surface area (Å²) in [5.74, 6) is -1.77. The molecule has 0 aliphatic carbocycles. The monoisotopic (exact) mass is 566 g/mol. The number of benzene rings is 2. The van der Waals surface area contributed by atoms with E-state index in [1.165, 1.54) is 13.2 Å². The van der Waals surface area contributed by atoms with Crippen molar-refractivity contribution >= 4 is 34.0 Å². The summed E-state index contributed by atoms with van der Waals surface area (Å²) in [6, 6.07) is 5.50. The number of rotatable bonds is 11. The molecule has 2 aromatic carbocycles. The molecule has 1 aromatic heterocycles. The van der Waals surface area contributed by atoms with Crippen LogP contribution in [0.3, 0.4) is 0 Å². The number of ether oxygens (including phenoxy) is 4. The summed E-state index contributed by atoms with van der Waals surface area (Å²) in [6.45, 7) is 7.36. The van der Waals surface area contributed by atoms with Crippen LogP contribution in [0.15, 0.2) is 24.3 Å². The Balaban J connectivity index is 1.66. The number of fused-ring (bicyclic) bond motifs is 1. The smallest absolute Gasteiger partial charge is 0.302 e. The number of methoxy groups -OCH3 is 1. The van der Waals surface area contributed by atoms with Gasteiger partial charge >= 0.3 is 5.92 Å². The number of nitrogens with zero attached hydrogens (tertiary/aromatic N) is 2. The molecular formula is C27H33ClF2N4O5. The van der Waals surface area contributed by atoms with Crippen LogP contribution in [0.5, 0.6) is 11.5 Å². The van der Waals surface area contributed by atoms with Gasteiger partial charge in [-0.25, -0.2) is 9.97 Å². The first-order valence-corrected chi connectivity index (χ1v) is 12.8. The fourth-order valence-electron chi connectivity index (χ4n) is 4.14. The molecule has 1 atom stereocenters. The zero-order valence-corrected chi connectivity index (χ0v) is 23.2. The van der Waals surface area contributed by atoms with E-state index in [0.29, 0.717) is 66.0 Å². The summed E-state index contributed by atoms with van der Waals surface area (Å²) < 4.78 is 52.3. The first-order valence-electron chi connectivity index (χ1n) is 12.5. The van der Waals surface area contributed by atoms with E-state index in [1.54, 1.807) is 26.0 Å². The lowest BCUT2D eigenvalue weighted by atomic mass is 9.90. The number of aromatic nitrogens is 2. The van der Waals surface area contributed by atoms with E-state index in [9.17, 15) is 5.11 Å². The van der Waals surface area contributed by atoms with Gasteiger partial charge < -0.3 is 35.1 Å². The van der Waals surface area contributed by atoms with Crippen LogP contribution in [0.1, 0.15) is 43.8 Å². The maximum Gasteiger partial charge on any atom is 0.302 e. The van der Waals surface area contributed by atoms with Gasteiger partial charge in [0.15, 0.2) is 11.5 Å². The number of aryl methyl sites for hydroxylation is 1. The van der Waals surface area contributed by atoms with E-state index in [-0.39, 0.29) is 16.8 Å². The van der Waals surface area contributed by atoms with Crippen molar-refractivity contribution in [2.24, 2.45) is 0 Å². The summed E-state index contributed by atoms with van der Waals surface area (Å²) in [5.41, 5.74) is 4.07. The van der Waals surface area contributed by atoms with E-state index in [4.69, 9.17) is 36.3 Å². The standard InChI is InChI=1S/C27H33ClF2N4O5/c1-14(18-8-16(31)9-20(24(18)28)27(29,30)26(3,4)35)32-25-19-10-23(39-7-6-38-17-12-37-13-17)22(36-5)11-21(19)33-15(2)34-25/h8-11,14,17,35H,6-7,12-13,31H2,1-5H3,(H,32,33,34)/t14-/m1/s1. The van der Waals surface area contributed by atoms with Gasteiger partial charge in [-0.3, -0.25) is 0 Å². The first kappa shape index (κ1) is 29.0. The van der Waals surface area contributed by atoms with Crippen molar-refractivity contribution in [2.75, 3.05) is 44.6 Å². The van der Waals surface area contributed by atoms with Crippen molar-refractivity contribution < 1.29 is 32.8 Å². The van der Waals surface area contributed by atoms with Crippen molar-refractivity contribution in [3.8, 4) is 11.5 Å². The van der Waals surface area contributed by atoms with Crippen LogP contribution in [0.25, 0.3) is 10.9 Å². The third kappa shape index (κ3) is 6.11. The molecule has 0 spiro atoms. The van der Waals surface area contributed by atoms with Crippen LogP contribution >= 0.6 is 11.6 Å². The average Bonchev–Trinajstić information content (AvgIpc) is 2.82. The minimum atomic E-state index is -3.65. The first-order chi connectivity index (χ1) is 18.3. The highest BCUT2D eigenvalue weighted by Gasteiger charge is 2.49. The van der Waals surface area contributed by atoms with Crippen molar-refractivity contribution in [1.29, 1.82) is 0 Å². The van der Waals surface area contributed by atoms with E-state index in [0.717, 1.165) is 19.9 Å². The van der Waals surface area contributed by atoms with Crippen LogP contribution in [-0.2, 0) is 15.4 Å². The Bertz CT molecular complexity index is 1350. The molecule has 3 aromatic rings. The fraction of sp³-hybridized carbons (Fsp3) is 0.481. The molecule has 2 heterocycles. The number of anilines is 2. The van der Waals surface area contributed by atoms with Gasteiger partial charge in [0.25, 0.3) is 0 Å². The van der Waals surface area contributed by atoms with Crippen LogP contribution in [0.4, 0.5) is 20.3 Å². The zero-order chi connectivity index (χ0) is 28.5. The summed E-state index contributed by atoms with van der Waals surface area (Å²) in [6.07, 6.45) is 0.0866. The van der Waals surface area contributed by atoms with Gasteiger partial charge in [0.1, 0.15) is 30.0 Å². The Morgan fingerprint density at radius 1 is 1.18 bits per heavy atom. The molecule has 4 N–H and O–H groups in total.